The van der Waals surface area contributed by atoms with Crippen LogP contribution in [0.2, 0.25) is 0 Å². The Kier molecular flexibility index (Phi) is 3.72. The van der Waals surface area contributed by atoms with Gasteiger partial charge in [0.15, 0.2) is 5.84 Å². The Morgan fingerprint density at radius 2 is 1.89 bits per heavy atom. The van der Waals surface area contributed by atoms with Gasteiger partial charge < -0.3 is 10.5 Å². The lowest BCUT2D eigenvalue weighted by Gasteiger charge is -2.04. The van der Waals surface area contributed by atoms with Crippen LogP contribution in [0.3, 0.4) is 0 Å². The lowest BCUT2D eigenvalue weighted by molar-refractivity contribution is 0.102. The first kappa shape index (κ1) is 12.6. The van der Waals surface area contributed by atoms with Crippen LogP contribution in [0.5, 0.6) is 0 Å². The first-order valence-corrected chi connectivity index (χ1v) is 5.47. The number of nitrogens with one attached hydrogen (secondary N) is 2. The van der Waals surface area contributed by atoms with Crippen molar-refractivity contribution in [2.24, 2.45) is 5.16 Å². The molecule has 95 valence electrons. The zero-order valence-corrected chi connectivity index (χ0v) is 9.87. The molecule has 3 N–H and O–H groups in total. The first-order chi connectivity index (χ1) is 9.20. The van der Waals surface area contributed by atoms with Crippen LogP contribution in [0.4, 0.5) is 5.82 Å². The molecule has 1 aromatic heterocycles. The van der Waals surface area contributed by atoms with Crippen LogP contribution < -0.4 is 11.1 Å². The fraction of sp³-hybridized carbons (Fsp3) is 0. The lowest BCUT2D eigenvalue weighted by atomic mass is 10.2. The molecule has 1 amide bonds. The summed E-state index contributed by atoms with van der Waals surface area (Å²) in [5, 5.41) is 13.8. The topological polar surface area (TPSA) is 98.4 Å². The van der Waals surface area contributed by atoms with Gasteiger partial charge in [-0.05, 0) is 24.3 Å². The molecule has 2 rings (SSSR count). The molecule has 0 atom stereocenters. The summed E-state index contributed by atoms with van der Waals surface area (Å²) >= 11 is 0. The van der Waals surface area contributed by atoms with Gasteiger partial charge in [-0.2, -0.15) is 0 Å². The number of amides is 1. The Bertz CT molecular complexity index is 594. The third kappa shape index (κ3) is 3.06. The van der Waals surface area contributed by atoms with Crippen LogP contribution in [0.1, 0.15) is 15.9 Å². The zero-order valence-electron chi connectivity index (χ0n) is 9.87. The average molecular weight is 255 g/mol. The summed E-state index contributed by atoms with van der Waals surface area (Å²) in [6, 6.07) is 11.8. The number of nitrogens with zero attached hydrogens (tertiary/aromatic N) is 2. The minimum atomic E-state index is -0.284. The fourth-order valence-electron chi connectivity index (χ4n) is 1.44. The summed E-state index contributed by atoms with van der Waals surface area (Å²) in [7, 11) is 0. The Balaban J connectivity index is 2.10. The standard InChI is InChI=1S/C13H11N4O2/c14-12(17-19)10-6-7-11(15-8-10)16-13(18)9-4-2-1-3-5-9/h1-8,14,19H,(H,15,16,18)/b17-12-. The van der Waals surface area contributed by atoms with Crippen LogP contribution in [-0.2, 0) is 0 Å². The van der Waals surface area contributed by atoms with Crippen molar-refractivity contribution < 1.29 is 10.0 Å². The smallest absolute Gasteiger partial charge is 0.256 e. The number of carbonyl (C=O) groups is 1. The molecule has 0 saturated heterocycles. The van der Waals surface area contributed by atoms with Crippen LogP contribution in [0.15, 0.2) is 53.8 Å². The Morgan fingerprint density at radius 1 is 1.16 bits per heavy atom. The van der Waals surface area contributed by atoms with Gasteiger partial charge in [-0.3, -0.25) is 10.5 Å². The molecule has 6 nitrogen and oxygen atoms in total. The molecule has 0 spiro atoms. The van der Waals surface area contributed by atoms with E-state index in [1.165, 1.54) is 18.3 Å². The second-order valence-electron chi connectivity index (χ2n) is 3.70. The van der Waals surface area contributed by atoms with Crippen molar-refractivity contribution in [1.29, 1.82) is 0 Å². The molecule has 0 bridgehead atoms. The second-order valence-corrected chi connectivity index (χ2v) is 3.70. The van der Waals surface area contributed by atoms with Gasteiger partial charge in [-0.15, -0.1) is 0 Å². The first-order valence-electron chi connectivity index (χ1n) is 5.47. The van der Waals surface area contributed by atoms with Crippen molar-refractivity contribution in [2.75, 3.05) is 5.32 Å². The molecule has 1 heterocycles. The van der Waals surface area contributed by atoms with E-state index in [1.54, 1.807) is 24.3 Å². The molecule has 2 aromatic rings. The minimum Gasteiger partial charge on any atom is -0.409 e. The largest absolute Gasteiger partial charge is 0.409 e. The number of anilines is 1. The van der Waals surface area contributed by atoms with Gasteiger partial charge in [0, 0.05) is 17.3 Å². The van der Waals surface area contributed by atoms with Gasteiger partial charge in [0.1, 0.15) is 5.82 Å². The molecule has 19 heavy (non-hydrogen) atoms. The predicted molar refractivity (Wildman–Crippen MR) is 70.1 cm³/mol. The van der Waals surface area contributed by atoms with E-state index in [9.17, 15) is 4.79 Å². The third-order valence-corrected chi connectivity index (χ3v) is 2.41. The number of hydrogen-bond donors (Lipinski definition) is 2. The van der Waals surface area contributed by atoms with E-state index >= 15 is 0 Å². The van der Waals surface area contributed by atoms with Crippen LogP contribution in [0, 0.1) is 0 Å². The highest BCUT2D eigenvalue weighted by molar-refractivity contribution is 6.04. The van der Waals surface area contributed by atoms with Crippen molar-refractivity contribution in [3.05, 3.63) is 59.8 Å². The molecule has 6 heteroatoms. The molecule has 0 unspecified atom stereocenters. The quantitative estimate of drug-likeness (QED) is 0.378. The molecular formula is C13H11N4O2. The molecular weight excluding hydrogens is 244 g/mol. The Hall–Kier alpha value is -2.89. The fourth-order valence-corrected chi connectivity index (χ4v) is 1.44. The Labute approximate surface area is 109 Å². The number of hydrogen-bond acceptors (Lipinski definition) is 4. The molecule has 0 saturated carbocycles. The summed E-state index contributed by atoms with van der Waals surface area (Å²) in [5.74, 6) is -0.181. The minimum absolute atomic E-state index is 0.261. The summed E-state index contributed by atoms with van der Waals surface area (Å²) in [6.07, 6.45) is 1.35. The molecule has 1 radical (unpaired) electrons. The van der Waals surface area contributed by atoms with Gasteiger partial charge in [0.2, 0.25) is 0 Å². The number of oxime groups is 1. The zero-order chi connectivity index (χ0) is 13.7. The van der Waals surface area contributed by atoms with Gasteiger partial charge in [-0.1, -0.05) is 23.4 Å². The highest BCUT2D eigenvalue weighted by atomic mass is 16.4. The number of rotatable bonds is 3. The maximum atomic E-state index is 11.8. The van der Waals surface area contributed by atoms with Crippen LogP contribution in [-0.4, -0.2) is 21.9 Å². The van der Waals surface area contributed by atoms with E-state index in [4.69, 9.17) is 10.9 Å². The molecule has 0 aliphatic carbocycles. The van der Waals surface area contributed by atoms with Crippen molar-refractivity contribution in [3.8, 4) is 0 Å². The third-order valence-electron chi connectivity index (χ3n) is 2.41. The number of benzene rings is 1. The average Bonchev–Trinajstić information content (AvgIpc) is 2.48. The highest BCUT2D eigenvalue weighted by Crippen LogP contribution is 2.08. The molecule has 0 aliphatic rings. The summed E-state index contributed by atoms with van der Waals surface area (Å²) in [4.78, 5) is 15.8. The van der Waals surface area contributed by atoms with Gasteiger partial charge >= 0.3 is 0 Å². The monoisotopic (exact) mass is 255 g/mol. The summed E-state index contributed by atoms with van der Waals surface area (Å²) in [5.41, 5.74) is 8.18. The van der Waals surface area contributed by atoms with Crippen molar-refractivity contribution in [3.63, 3.8) is 0 Å². The van der Waals surface area contributed by atoms with Gasteiger partial charge in [-0.25, -0.2) is 4.98 Å². The highest BCUT2D eigenvalue weighted by Gasteiger charge is 2.06. The Morgan fingerprint density at radius 3 is 2.47 bits per heavy atom. The van der Waals surface area contributed by atoms with E-state index in [1.807, 2.05) is 6.07 Å². The maximum absolute atomic E-state index is 11.8. The van der Waals surface area contributed by atoms with Crippen molar-refractivity contribution in [1.82, 2.24) is 10.7 Å². The van der Waals surface area contributed by atoms with Gasteiger partial charge in [0.05, 0.1) is 0 Å². The number of aromatic nitrogens is 1. The molecule has 0 fully saturated rings. The predicted octanol–water partition coefficient (Wildman–Crippen LogP) is 1.75. The van der Waals surface area contributed by atoms with Crippen LogP contribution >= 0.6 is 0 Å². The van der Waals surface area contributed by atoms with Crippen LogP contribution in [0.25, 0.3) is 0 Å². The van der Waals surface area contributed by atoms with E-state index in [0.717, 1.165) is 0 Å². The lowest BCUT2D eigenvalue weighted by Crippen LogP contribution is -2.13. The molecule has 1 aromatic carbocycles. The van der Waals surface area contributed by atoms with E-state index in [0.29, 0.717) is 16.9 Å². The van der Waals surface area contributed by atoms with Crippen molar-refractivity contribution >= 4 is 17.6 Å². The summed E-state index contributed by atoms with van der Waals surface area (Å²) in [6.45, 7) is 0. The number of carbonyl (C=O) groups excluding carboxylic acids is 1. The molecule has 0 aliphatic heterocycles. The maximum Gasteiger partial charge on any atom is 0.256 e. The van der Waals surface area contributed by atoms with Gasteiger partial charge in [0.25, 0.3) is 5.91 Å². The van der Waals surface area contributed by atoms with E-state index < -0.39 is 0 Å². The van der Waals surface area contributed by atoms with E-state index in [-0.39, 0.29) is 11.7 Å². The second kappa shape index (κ2) is 5.63. The number of pyridine rings is 1. The van der Waals surface area contributed by atoms with Crippen molar-refractivity contribution in [2.45, 2.75) is 0 Å². The number of amidine groups is 1. The SMILES string of the molecule is [NH]/C(=N\O)c1ccc(NC(=O)c2ccccc2)nc1. The summed E-state index contributed by atoms with van der Waals surface area (Å²) < 4.78 is 0. The van der Waals surface area contributed by atoms with E-state index in [2.05, 4.69) is 15.5 Å². The normalized spacial score (nSPS) is 11.1.